The maximum Gasteiger partial charge on any atom is 0.372 e. The van der Waals surface area contributed by atoms with Crippen LogP contribution < -0.4 is 5.32 Å². The van der Waals surface area contributed by atoms with Gasteiger partial charge in [0.1, 0.15) is 5.58 Å². The normalized spacial score (nSPS) is 12.7. The van der Waals surface area contributed by atoms with Crippen LogP contribution in [0.5, 0.6) is 0 Å². The summed E-state index contributed by atoms with van der Waals surface area (Å²) in [5, 5.41) is 13.4. The lowest BCUT2D eigenvalue weighted by molar-refractivity contribution is 0.0663. The Balaban J connectivity index is 2.27. The number of carbonyl (C=O) groups is 1. The molecule has 0 aliphatic rings. The standard InChI is InChI=1S/C15H19NO4/c1-3-10(9-19-2)16-8-12-11-6-4-5-7-13(11)20-14(12)15(17)18/h4-7,10,16H,3,8-9H2,1-2H3,(H,17,18). The Morgan fingerprint density at radius 2 is 2.20 bits per heavy atom. The van der Waals surface area contributed by atoms with Crippen molar-refractivity contribution < 1.29 is 19.1 Å². The van der Waals surface area contributed by atoms with Crippen molar-refractivity contribution in [2.24, 2.45) is 0 Å². The van der Waals surface area contributed by atoms with Gasteiger partial charge in [0, 0.05) is 30.6 Å². The van der Waals surface area contributed by atoms with Gasteiger partial charge in [-0.05, 0) is 12.5 Å². The van der Waals surface area contributed by atoms with Crippen LogP contribution in [0.1, 0.15) is 29.5 Å². The summed E-state index contributed by atoms with van der Waals surface area (Å²) in [5.74, 6) is -1.04. The van der Waals surface area contributed by atoms with Crippen LogP contribution in [0.3, 0.4) is 0 Å². The van der Waals surface area contributed by atoms with E-state index in [1.165, 1.54) is 0 Å². The first-order valence-corrected chi connectivity index (χ1v) is 6.63. The molecule has 0 aliphatic carbocycles. The summed E-state index contributed by atoms with van der Waals surface area (Å²) in [6.07, 6.45) is 0.909. The van der Waals surface area contributed by atoms with Gasteiger partial charge in [-0.15, -0.1) is 0 Å². The van der Waals surface area contributed by atoms with Crippen LogP contribution in [-0.2, 0) is 11.3 Å². The van der Waals surface area contributed by atoms with E-state index in [-0.39, 0.29) is 11.8 Å². The number of para-hydroxylation sites is 1. The molecule has 0 fully saturated rings. The zero-order valence-corrected chi connectivity index (χ0v) is 11.7. The fourth-order valence-electron chi connectivity index (χ4n) is 2.22. The average molecular weight is 277 g/mol. The zero-order chi connectivity index (χ0) is 14.5. The Labute approximate surface area is 117 Å². The number of furan rings is 1. The van der Waals surface area contributed by atoms with Crippen LogP contribution in [0.15, 0.2) is 28.7 Å². The van der Waals surface area contributed by atoms with Crippen molar-refractivity contribution in [2.45, 2.75) is 25.9 Å². The van der Waals surface area contributed by atoms with Crippen LogP contribution in [0.25, 0.3) is 11.0 Å². The molecule has 0 aliphatic heterocycles. The van der Waals surface area contributed by atoms with Gasteiger partial charge in [-0.3, -0.25) is 0 Å². The van der Waals surface area contributed by atoms with Crippen LogP contribution in [0.2, 0.25) is 0 Å². The monoisotopic (exact) mass is 277 g/mol. The van der Waals surface area contributed by atoms with Gasteiger partial charge in [-0.1, -0.05) is 25.1 Å². The van der Waals surface area contributed by atoms with E-state index in [9.17, 15) is 9.90 Å². The third-order valence-electron chi connectivity index (χ3n) is 3.32. The second-order valence-electron chi connectivity index (χ2n) is 4.65. The fourth-order valence-corrected chi connectivity index (χ4v) is 2.22. The quantitative estimate of drug-likeness (QED) is 0.814. The van der Waals surface area contributed by atoms with E-state index in [0.717, 1.165) is 11.8 Å². The molecule has 0 saturated carbocycles. The first-order valence-electron chi connectivity index (χ1n) is 6.63. The minimum atomic E-state index is -1.04. The van der Waals surface area contributed by atoms with Crippen molar-refractivity contribution in [3.05, 3.63) is 35.6 Å². The van der Waals surface area contributed by atoms with Gasteiger partial charge in [-0.25, -0.2) is 4.79 Å². The molecule has 1 aromatic heterocycles. The van der Waals surface area contributed by atoms with E-state index in [2.05, 4.69) is 12.2 Å². The molecule has 5 heteroatoms. The van der Waals surface area contributed by atoms with Gasteiger partial charge < -0.3 is 19.6 Å². The van der Waals surface area contributed by atoms with Gasteiger partial charge in [0.2, 0.25) is 5.76 Å². The summed E-state index contributed by atoms with van der Waals surface area (Å²) in [5.41, 5.74) is 1.28. The number of hydrogen-bond donors (Lipinski definition) is 2. The lowest BCUT2D eigenvalue weighted by Crippen LogP contribution is -2.32. The predicted molar refractivity (Wildman–Crippen MR) is 76.0 cm³/mol. The summed E-state index contributed by atoms with van der Waals surface area (Å²) in [7, 11) is 1.65. The first-order chi connectivity index (χ1) is 9.67. The lowest BCUT2D eigenvalue weighted by atomic mass is 10.1. The molecule has 1 aromatic carbocycles. The van der Waals surface area contributed by atoms with Crippen LogP contribution in [-0.4, -0.2) is 30.8 Å². The molecule has 108 valence electrons. The highest BCUT2D eigenvalue weighted by atomic mass is 16.5. The van der Waals surface area contributed by atoms with Crippen molar-refractivity contribution in [1.29, 1.82) is 0 Å². The smallest absolute Gasteiger partial charge is 0.372 e. The van der Waals surface area contributed by atoms with E-state index in [1.54, 1.807) is 13.2 Å². The number of methoxy groups -OCH3 is 1. The maximum absolute atomic E-state index is 11.3. The molecule has 1 heterocycles. The van der Waals surface area contributed by atoms with Crippen molar-refractivity contribution in [3.8, 4) is 0 Å². The minimum absolute atomic E-state index is 0.00553. The van der Waals surface area contributed by atoms with Crippen LogP contribution in [0.4, 0.5) is 0 Å². The summed E-state index contributed by atoms with van der Waals surface area (Å²) in [6, 6.07) is 7.54. The van der Waals surface area contributed by atoms with Crippen molar-refractivity contribution in [2.75, 3.05) is 13.7 Å². The highest BCUT2D eigenvalue weighted by molar-refractivity contribution is 5.95. The van der Waals surface area contributed by atoms with Crippen molar-refractivity contribution >= 4 is 16.9 Å². The maximum atomic E-state index is 11.3. The Kier molecular flexibility index (Phi) is 4.76. The number of carboxylic acid groups (broad SMARTS) is 1. The zero-order valence-electron chi connectivity index (χ0n) is 11.7. The summed E-state index contributed by atoms with van der Waals surface area (Å²) < 4.78 is 10.5. The third kappa shape index (κ3) is 3.00. The van der Waals surface area contributed by atoms with Crippen molar-refractivity contribution in [1.82, 2.24) is 5.32 Å². The van der Waals surface area contributed by atoms with E-state index >= 15 is 0 Å². The molecule has 0 saturated heterocycles. The van der Waals surface area contributed by atoms with E-state index in [1.807, 2.05) is 18.2 Å². The Morgan fingerprint density at radius 3 is 2.85 bits per heavy atom. The van der Waals surface area contributed by atoms with Gasteiger partial charge >= 0.3 is 5.97 Å². The van der Waals surface area contributed by atoms with E-state index < -0.39 is 5.97 Å². The number of hydrogen-bond acceptors (Lipinski definition) is 4. The summed E-state index contributed by atoms with van der Waals surface area (Å²) in [4.78, 5) is 11.3. The number of benzene rings is 1. The molecule has 5 nitrogen and oxygen atoms in total. The Morgan fingerprint density at radius 1 is 1.45 bits per heavy atom. The highest BCUT2D eigenvalue weighted by Gasteiger charge is 2.20. The molecular formula is C15H19NO4. The minimum Gasteiger partial charge on any atom is -0.475 e. The topological polar surface area (TPSA) is 71.7 Å². The second kappa shape index (κ2) is 6.54. The van der Waals surface area contributed by atoms with Gasteiger partial charge in [0.25, 0.3) is 0 Å². The SMILES string of the molecule is CCC(COC)NCc1c(C(=O)O)oc2ccccc12. The first kappa shape index (κ1) is 14.6. The van der Waals surface area contributed by atoms with Gasteiger partial charge in [-0.2, -0.15) is 0 Å². The number of ether oxygens (including phenoxy) is 1. The molecule has 2 aromatic rings. The van der Waals surface area contributed by atoms with Crippen LogP contribution in [0, 0.1) is 0 Å². The molecule has 2 N–H and O–H groups in total. The number of aromatic carboxylic acids is 1. The Bertz CT molecular complexity index is 591. The lowest BCUT2D eigenvalue weighted by Gasteiger charge is -2.15. The van der Waals surface area contributed by atoms with E-state index in [0.29, 0.717) is 24.3 Å². The molecular weight excluding hydrogens is 258 g/mol. The number of fused-ring (bicyclic) bond motifs is 1. The second-order valence-corrected chi connectivity index (χ2v) is 4.65. The molecule has 1 unspecified atom stereocenters. The van der Waals surface area contributed by atoms with E-state index in [4.69, 9.17) is 9.15 Å². The Hall–Kier alpha value is -1.85. The average Bonchev–Trinajstić information content (AvgIpc) is 2.82. The van der Waals surface area contributed by atoms with Gasteiger partial charge in [0.05, 0.1) is 6.61 Å². The number of carboxylic acids is 1. The predicted octanol–water partition coefficient (Wildman–Crippen LogP) is 2.65. The van der Waals surface area contributed by atoms with Gasteiger partial charge in [0.15, 0.2) is 0 Å². The molecule has 1 atom stereocenters. The molecule has 0 radical (unpaired) electrons. The summed E-state index contributed by atoms with van der Waals surface area (Å²) in [6.45, 7) is 3.09. The molecule has 0 spiro atoms. The largest absolute Gasteiger partial charge is 0.475 e. The molecule has 0 amide bonds. The fraction of sp³-hybridized carbons (Fsp3) is 0.400. The number of rotatable bonds is 7. The third-order valence-corrected chi connectivity index (χ3v) is 3.32. The molecule has 0 bridgehead atoms. The molecule has 20 heavy (non-hydrogen) atoms. The van der Waals surface area contributed by atoms with Crippen LogP contribution >= 0.6 is 0 Å². The summed E-state index contributed by atoms with van der Waals surface area (Å²) >= 11 is 0. The number of nitrogens with one attached hydrogen (secondary N) is 1. The highest BCUT2D eigenvalue weighted by Crippen LogP contribution is 2.26. The molecule has 2 rings (SSSR count). The van der Waals surface area contributed by atoms with Crippen molar-refractivity contribution in [3.63, 3.8) is 0 Å².